The molecule has 0 unspecified atom stereocenters. The predicted octanol–water partition coefficient (Wildman–Crippen LogP) is 2.53. The summed E-state index contributed by atoms with van der Waals surface area (Å²) in [6, 6.07) is 11.8. The number of ether oxygens (including phenoxy) is 1. The molecule has 0 spiro atoms. The van der Waals surface area contributed by atoms with Gasteiger partial charge in [0, 0.05) is 18.8 Å². The summed E-state index contributed by atoms with van der Waals surface area (Å²) in [5, 5.41) is 2.81. The van der Waals surface area contributed by atoms with E-state index >= 15 is 0 Å². The zero-order valence-electron chi connectivity index (χ0n) is 17.3. The largest absolute Gasteiger partial charge is 0.482 e. The third-order valence-electron chi connectivity index (χ3n) is 5.55. The third-order valence-corrected chi connectivity index (χ3v) is 7.44. The molecule has 1 fully saturated rings. The minimum atomic E-state index is -3.68. The average molecular weight is 444 g/mol. The van der Waals surface area contributed by atoms with Crippen LogP contribution < -0.4 is 15.0 Å². The highest BCUT2D eigenvalue weighted by molar-refractivity contribution is 7.89. The van der Waals surface area contributed by atoms with Gasteiger partial charge in [-0.3, -0.25) is 14.5 Å². The Bertz CT molecular complexity index is 1110. The van der Waals surface area contributed by atoms with Crippen molar-refractivity contribution in [2.24, 2.45) is 0 Å². The Morgan fingerprint density at radius 2 is 1.84 bits per heavy atom. The quantitative estimate of drug-likeness (QED) is 0.766. The molecular formula is C22H25N3O5S. The molecule has 0 aromatic heterocycles. The number of nitrogens with one attached hydrogen (secondary N) is 1. The van der Waals surface area contributed by atoms with Crippen molar-refractivity contribution in [2.75, 3.05) is 36.5 Å². The number of nitrogens with zero attached hydrogens (tertiary/aromatic N) is 2. The molecule has 4 rings (SSSR count). The summed E-state index contributed by atoms with van der Waals surface area (Å²) in [5.41, 5.74) is 1.85. The second-order valence-electron chi connectivity index (χ2n) is 7.73. The van der Waals surface area contributed by atoms with Gasteiger partial charge in [0.25, 0.3) is 5.91 Å². The molecule has 0 aliphatic carbocycles. The van der Waals surface area contributed by atoms with Crippen LogP contribution in [0.2, 0.25) is 0 Å². The zero-order valence-corrected chi connectivity index (χ0v) is 18.2. The molecule has 0 atom stereocenters. The van der Waals surface area contributed by atoms with Crippen molar-refractivity contribution in [3.05, 3.63) is 48.0 Å². The SMILES string of the molecule is Cc1ccccc1NC(=O)CN1C(=O)COc2ccc(S(=O)(=O)N3CCCCC3)cc21. The summed E-state index contributed by atoms with van der Waals surface area (Å²) >= 11 is 0. The molecule has 0 bridgehead atoms. The van der Waals surface area contributed by atoms with E-state index in [-0.39, 0.29) is 29.6 Å². The van der Waals surface area contributed by atoms with Crippen LogP contribution in [0.15, 0.2) is 47.4 Å². The van der Waals surface area contributed by atoms with E-state index < -0.39 is 15.9 Å². The van der Waals surface area contributed by atoms with Crippen molar-refractivity contribution in [1.29, 1.82) is 0 Å². The maximum atomic E-state index is 13.1. The van der Waals surface area contributed by atoms with Gasteiger partial charge in [-0.25, -0.2) is 8.42 Å². The highest BCUT2D eigenvalue weighted by Crippen LogP contribution is 2.35. The molecule has 2 heterocycles. The van der Waals surface area contributed by atoms with E-state index in [2.05, 4.69) is 5.32 Å². The Hall–Kier alpha value is -2.91. The molecule has 1 N–H and O–H groups in total. The molecule has 1 saturated heterocycles. The van der Waals surface area contributed by atoms with E-state index in [9.17, 15) is 18.0 Å². The summed E-state index contributed by atoms with van der Waals surface area (Å²) in [6.07, 6.45) is 2.68. The van der Waals surface area contributed by atoms with Gasteiger partial charge >= 0.3 is 0 Å². The highest BCUT2D eigenvalue weighted by atomic mass is 32.2. The molecule has 2 aliphatic heterocycles. The Labute approximate surface area is 181 Å². The number of benzene rings is 2. The topological polar surface area (TPSA) is 96.0 Å². The monoisotopic (exact) mass is 443 g/mol. The lowest BCUT2D eigenvalue weighted by atomic mass is 10.2. The van der Waals surface area contributed by atoms with Crippen molar-refractivity contribution >= 4 is 33.2 Å². The molecule has 8 nitrogen and oxygen atoms in total. The van der Waals surface area contributed by atoms with Crippen LogP contribution in [0.25, 0.3) is 0 Å². The normalized spacial score (nSPS) is 17.1. The Morgan fingerprint density at radius 1 is 1.10 bits per heavy atom. The first-order valence-corrected chi connectivity index (χ1v) is 11.7. The molecule has 2 amide bonds. The van der Waals surface area contributed by atoms with Gasteiger partial charge in [-0.15, -0.1) is 0 Å². The van der Waals surface area contributed by atoms with Crippen LogP contribution in [0.1, 0.15) is 24.8 Å². The first kappa shape index (κ1) is 21.3. The number of piperidine rings is 1. The number of para-hydroxylation sites is 1. The number of fused-ring (bicyclic) bond motifs is 1. The lowest BCUT2D eigenvalue weighted by Crippen LogP contribution is -2.43. The summed E-state index contributed by atoms with van der Waals surface area (Å²) < 4.78 is 33.1. The van der Waals surface area contributed by atoms with E-state index in [4.69, 9.17) is 4.74 Å². The molecule has 2 aromatic rings. The molecule has 2 aliphatic rings. The molecular weight excluding hydrogens is 418 g/mol. The van der Waals surface area contributed by atoms with Gasteiger partial charge in [-0.05, 0) is 49.6 Å². The predicted molar refractivity (Wildman–Crippen MR) is 117 cm³/mol. The van der Waals surface area contributed by atoms with Gasteiger partial charge in [-0.2, -0.15) is 4.31 Å². The van der Waals surface area contributed by atoms with Crippen molar-refractivity contribution in [2.45, 2.75) is 31.1 Å². The fraction of sp³-hybridized carbons (Fsp3) is 0.364. The summed E-state index contributed by atoms with van der Waals surface area (Å²) in [6.45, 7) is 2.40. The maximum Gasteiger partial charge on any atom is 0.265 e. The number of rotatable bonds is 5. The average Bonchev–Trinajstić information content (AvgIpc) is 2.77. The van der Waals surface area contributed by atoms with Gasteiger partial charge in [0.2, 0.25) is 15.9 Å². The third kappa shape index (κ3) is 4.42. The summed E-state index contributed by atoms with van der Waals surface area (Å²) in [5.74, 6) is -0.402. The first-order chi connectivity index (χ1) is 14.9. The number of sulfonamides is 1. The smallest absolute Gasteiger partial charge is 0.265 e. The number of hydrogen-bond acceptors (Lipinski definition) is 5. The maximum absolute atomic E-state index is 13.1. The van der Waals surface area contributed by atoms with Crippen LogP contribution in [0, 0.1) is 6.92 Å². The van der Waals surface area contributed by atoms with Crippen LogP contribution in [0.5, 0.6) is 5.75 Å². The molecule has 2 aromatic carbocycles. The Morgan fingerprint density at radius 3 is 2.58 bits per heavy atom. The fourth-order valence-electron chi connectivity index (χ4n) is 3.82. The number of carbonyl (C=O) groups is 2. The zero-order chi connectivity index (χ0) is 22.0. The number of anilines is 2. The highest BCUT2D eigenvalue weighted by Gasteiger charge is 2.31. The molecule has 31 heavy (non-hydrogen) atoms. The van der Waals surface area contributed by atoms with Crippen molar-refractivity contribution in [3.8, 4) is 5.75 Å². The Balaban J connectivity index is 1.59. The number of carbonyl (C=O) groups excluding carboxylic acids is 2. The van der Waals surface area contributed by atoms with Crippen LogP contribution in [0.4, 0.5) is 11.4 Å². The fourth-order valence-corrected chi connectivity index (χ4v) is 5.35. The minimum Gasteiger partial charge on any atom is -0.482 e. The first-order valence-electron chi connectivity index (χ1n) is 10.3. The lowest BCUT2D eigenvalue weighted by molar-refractivity contribution is -0.123. The van der Waals surface area contributed by atoms with Gasteiger partial charge < -0.3 is 10.1 Å². The van der Waals surface area contributed by atoms with E-state index in [1.165, 1.54) is 21.3 Å². The summed E-state index contributed by atoms with van der Waals surface area (Å²) in [7, 11) is -3.68. The van der Waals surface area contributed by atoms with Crippen molar-refractivity contribution in [3.63, 3.8) is 0 Å². The van der Waals surface area contributed by atoms with Gasteiger partial charge in [-0.1, -0.05) is 24.6 Å². The van der Waals surface area contributed by atoms with Crippen LogP contribution >= 0.6 is 0 Å². The minimum absolute atomic E-state index is 0.0933. The van der Waals surface area contributed by atoms with E-state index in [1.54, 1.807) is 12.1 Å². The lowest BCUT2D eigenvalue weighted by Gasteiger charge is -2.30. The van der Waals surface area contributed by atoms with E-state index in [1.807, 2.05) is 25.1 Å². The second-order valence-corrected chi connectivity index (χ2v) is 9.66. The molecule has 9 heteroatoms. The number of amides is 2. The van der Waals surface area contributed by atoms with Crippen molar-refractivity contribution < 1.29 is 22.7 Å². The molecule has 0 saturated carbocycles. The van der Waals surface area contributed by atoms with Gasteiger partial charge in [0.1, 0.15) is 12.3 Å². The van der Waals surface area contributed by atoms with Crippen LogP contribution in [-0.4, -0.2) is 50.8 Å². The molecule has 0 radical (unpaired) electrons. The van der Waals surface area contributed by atoms with E-state index in [0.717, 1.165) is 24.8 Å². The number of hydrogen-bond donors (Lipinski definition) is 1. The van der Waals surface area contributed by atoms with E-state index in [0.29, 0.717) is 24.5 Å². The second kappa shape index (κ2) is 8.68. The standard InChI is InChI=1S/C22H25N3O5S/c1-16-7-3-4-8-18(16)23-21(26)14-25-19-13-17(9-10-20(19)30-15-22(25)27)31(28,29)24-11-5-2-6-12-24/h3-4,7-10,13H,2,5-6,11-12,14-15H2,1H3,(H,23,26). The Kier molecular flexibility index (Phi) is 5.97. The van der Waals surface area contributed by atoms with Gasteiger partial charge in [0.15, 0.2) is 6.61 Å². The summed E-state index contributed by atoms with van der Waals surface area (Å²) in [4.78, 5) is 26.6. The van der Waals surface area contributed by atoms with Crippen LogP contribution in [-0.2, 0) is 19.6 Å². The van der Waals surface area contributed by atoms with Crippen molar-refractivity contribution in [1.82, 2.24) is 4.31 Å². The molecule has 164 valence electrons. The van der Waals surface area contributed by atoms with Gasteiger partial charge in [0.05, 0.1) is 10.6 Å². The van der Waals surface area contributed by atoms with Crippen LogP contribution in [0.3, 0.4) is 0 Å². The number of aryl methyl sites for hydroxylation is 1.